The number of carbonyl (C=O) groups excluding carboxylic acids is 1. The number of aliphatic hydroxyl groups is 5. The Morgan fingerprint density at radius 2 is 1.64 bits per heavy atom. The highest BCUT2D eigenvalue weighted by Crippen LogP contribution is 2.16. The van der Waals surface area contributed by atoms with E-state index in [1.54, 1.807) is 0 Å². The summed E-state index contributed by atoms with van der Waals surface area (Å²) in [5.74, 6) is 0.0789. The van der Waals surface area contributed by atoms with Gasteiger partial charge < -0.3 is 30.8 Å². The highest BCUT2D eigenvalue weighted by atomic mass is 16.4. The molecule has 7 nitrogen and oxygen atoms in total. The van der Waals surface area contributed by atoms with Crippen LogP contribution in [0.5, 0.6) is 0 Å². The molecular weight excluding hydrogens is 290 g/mol. The summed E-state index contributed by atoms with van der Waals surface area (Å²) in [6.07, 6.45) is -1.90. The van der Waals surface area contributed by atoms with Gasteiger partial charge in [0.15, 0.2) is 0 Å². The van der Waals surface area contributed by atoms with E-state index >= 15 is 0 Å². The number of amides is 1. The second-order valence-corrected chi connectivity index (χ2v) is 5.72. The molecule has 0 fully saturated rings. The van der Waals surface area contributed by atoms with Crippen LogP contribution in [0.25, 0.3) is 0 Å². The van der Waals surface area contributed by atoms with Crippen LogP contribution in [-0.2, 0) is 4.79 Å². The maximum Gasteiger partial charge on any atom is 0.220 e. The van der Waals surface area contributed by atoms with Crippen molar-refractivity contribution >= 4 is 5.91 Å². The minimum atomic E-state index is -1.68. The molecule has 0 saturated heterocycles. The topological polar surface area (TPSA) is 130 Å². The van der Waals surface area contributed by atoms with Gasteiger partial charge in [0.05, 0.1) is 12.7 Å². The molecule has 132 valence electrons. The van der Waals surface area contributed by atoms with Crippen molar-refractivity contribution in [3.05, 3.63) is 0 Å². The third-order valence-corrected chi connectivity index (χ3v) is 3.85. The Balaban J connectivity index is 4.16. The lowest BCUT2D eigenvalue weighted by Crippen LogP contribution is -2.49. The molecule has 0 bridgehead atoms. The zero-order valence-corrected chi connectivity index (χ0v) is 13.5. The molecule has 0 rings (SSSR count). The van der Waals surface area contributed by atoms with Crippen molar-refractivity contribution in [3.63, 3.8) is 0 Å². The zero-order chi connectivity index (χ0) is 17.1. The Bertz CT molecular complexity index is 302. The fourth-order valence-electron chi connectivity index (χ4n) is 2.18. The van der Waals surface area contributed by atoms with Crippen LogP contribution >= 0.6 is 0 Å². The monoisotopic (exact) mass is 321 g/mol. The second kappa shape index (κ2) is 11.8. The van der Waals surface area contributed by atoms with E-state index in [1.165, 1.54) is 0 Å². The first-order chi connectivity index (χ1) is 10.4. The van der Waals surface area contributed by atoms with Gasteiger partial charge in [-0.2, -0.15) is 0 Å². The van der Waals surface area contributed by atoms with Gasteiger partial charge in [-0.05, 0) is 12.3 Å². The molecule has 22 heavy (non-hydrogen) atoms. The third kappa shape index (κ3) is 8.05. The first-order valence-corrected chi connectivity index (χ1v) is 7.97. The van der Waals surface area contributed by atoms with Crippen LogP contribution in [0.1, 0.15) is 46.0 Å². The van der Waals surface area contributed by atoms with Crippen LogP contribution in [0.15, 0.2) is 0 Å². The number of aliphatic hydroxyl groups excluding tert-OH is 5. The standard InChI is InChI=1S/C15H31NO6/c1-3-5-6-10(4-2)7-13(20)16-8-11(18)14(21)15(22)12(19)9-17/h10-12,14-15,17-19,21-22H,3-9H2,1-2H3,(H,16,20)/t10?,11-,12+,14+,15+/m0/s1. The molecule has 0 heterocycles. The van der Waals surface area contributed by atoms with Crippen LogP contribution in [-0.4, -0.2) is 69.0 Å². The molecule has 0 aromatic heterocycles. The van der Waals surface area contributed by atoms with Gasteiger partial charge in [0.1, 0.15) is 18.3 Å². The summed E-state index contributed by atoms with van der Waals surface area (Å²) >= 11 is 0. The molecule has 0 radical (unpaired) electrons. The number of carbonyl (C=O) groups is 1. The van der Waals surface area contributed by atoms with E-state index in [4.69, 9.17) is 5.11 Å². The van der Waals surface area contributed by atoms with Crippen LogP contribution in [0, 0.1) is 5.92 Å². The maximum atomic E-state index is 11.8. The molecule has 0 aliphatic heterocycles. The van der Waals surface area contributed by atoms with Gasteiger partial charge >= 0.3 is 0 Å². The molecule has 0 aliphatic rings. The summed E-state index contributed by atoms with van der Waals surface area (Å²) in [4.78, 5) is 11.8. The maximum absolute atomic E-state index is 11.8. The third-order valence-electron chi connectivity index (χ3n) is 3.85. The molecule has 0 aromatic rings. The Labute approximate surface area is 132 Å². The van der Waals surface area contributed by atoms with Gasteiger partial charge in [-0.25, -0.2) is 0 Å². The van der Waals surface area contributed by atoms with Crippen LogP contribution in [0.4, 0.5) is 0 Å². The molecule has 5 atom stereocenters. The average Bonchev–Trinajstić information content (AvgIpc) is 2.53. The van der Waals surface area contributed by atoms with Crippen molar-refractivity contribution in [1.82, 2.24) is 5.32 Å². The van der Waals surface area contributed by atoms with Crippen LogP contribution < -0.4 is 5.32 Å². The van der Waals surface area contributed by atoms with Crippen molar-refractivity contribution in [1.29, 1.82) is 0 Å². The highest BCUT2D eigenvalue weighted by molar-refractivity contribution is 5.76. The molecular formula is C15H31NO6. The summed E-state index contributed by atoms with van der Waals surface area (Å²) in [6, 6.07) is 0. The minimum absolute atomic E-state index is 0.216. The molecule has 7 heteroatoms. The number of unbranched alkanes of at least 4 members (excludes halogenated alkanes) is 1. The van der Waals surface area contributed by atoms with Gasteiger partial charge in [-0.15, -0.1) is 0 Å². The fourth-order valence-corrected chi connectivity index (χ4v) is 2.18. The lowest BCUT2D eigenvalue weighted by atomic mass is 9.95. The van der Waals surface area contributed by atoms with E-state index in [0.717, 1.165) is 25.7 Å². The van der Waals surface area contributed by atoms with E-state index in [1.807, 2.05) is 6.92 Å². The van der Waals surface area contributed by atoms with E-state index in [0.29, 0.717) is 12.3 Å². The molecule has 6 N–H and O–H groups in total. The minimum Gasteiger partial charge on any atom is -0.394 e. The second-order valence-electron chi connectivity index (χ2n) is 5.72. The van der Waals surface area contributed by atoms with Gasteiger partial charge in [-0.1, -0.05) is 33.1 Å². The number of hydrogen-bond donors (Lipinski definition) is 6. The van der Waals surface area contributed by atoms with Crippen molar-refractivity contribution in [2.75, 3.05) is 13.2 Å². The largest absolute Gasteiger partial charge is 0.394 e. The lowest BCUT2D eigenvalue weighted by Gasteiger charge is -2.26. The molecule has 1 amide bonds. The summed E-state index contributed by atoms with van der Waals surface area (Å²) < 4.78 is 0. The van der Waals surface area contributed by atoms with Crippen molar-refractivity contribution < 1.29 is 30.3 Å². The normalized spacial score (nSPS) is 18.3. The van der Waals surface area contributed by atoms with Crippen molar-refractivity contribution in [2.45, 2.75) is 70.4 Å². The quantitative estimate of drug-likeness (QED) is 0.277. The molecule has 0 aromatic carbocycles. The smallest absolute Gasteiger partial charge is 0.220 e. The Morgan fingerprint density at radius 1 is 1.05 bits per heavy atom. The van der Waals surface area contributed by atoms with Crippen molar-refractivity contribution in [3.8, 4) is 0 Å². The van der Waals surface area contributed by atoms with Crippen LogP contribution in [0.2, 0.25) is 0 Å². The summed E-state index contributed by atoms with van der Waals surface area (Å²) in [5, 5.41) is 49.2. The predicted octanol–water partition coefficient (Wildman–Crippen LogP) is -0.855. The highest BCUT2D eigenvalue weighted by Gasteiger charge is 2.30. The molecule has 1 unspecified atom stereocenters. The average molecular weight is 321 g/mol. The molecule has 0 aliphatic carbocycles. The fraction of sp³-hybridized carbons (Fsp3) is 0.933. The lowest BCUT2D eigenvalue weighted by molar-refractivity contribution is -0.126. The Hall–Kier alpha value is -0.730. The van der Waals surface area contributed by atoms with E-state index in [-0.39, 0.29) is 12.5 Å². The van der Waals surface area contributed by atoms with E-state index in [9.17, 15) is 25.2 Å². The Morgan fingerprint density at radius 3 is 2.14 bits per heavy atom. The summed E-state index contributed by atoms with van der Waals surface area (Å²) in [7, 11) is 0. The predicted molar refractivity (Wildman–Crippen MR) is 82.0 cm³/mol. The number of nitrogens with one attached hydrogen (secondary N) is 1. The number of rotatable bonds is 12. The number of hydrogen-bond acceptors (Lipinski definition) is 6. The molecule has 0 spiro atoms. The van der Waals surface area contributed by atoms with Gasteiger partial charge in [0.2, 0.25) is 5.91 Å². The Kier molecular flexibility index (Phi) is 11.4. The van der Waals surface area contributed by atoms with Gasteiger partial charge in [0, 0.05) is 13.0 Å². The van der Waals surface area contributed by atoms with E-state index in [2.05, 4.69) is 12.2 Å². The van der Waals surface area contributed by atoms with Crippen LogP contribution in [0.3, 0.4) is 0 Å². The van der Waals surface area contributed by atoms with Gasteiger partial charge in [-0.3, -0.25) is 4.79 Å². The summed E-state index contributed by atoms with van der Waals surface area (Å²) in [5.41, 5.74) is 0. The summed E-state index contributed by atoms with van der Waals surface area (Å²) in [6.45, 7) is 3.17. The van der Waals surface area contributed by atoms with Crippen molar-refractivity contribution in [2.24, 2.45) is 5.92 Å². The zero-order valence-electron chi connectivity index (χ0n) is 13.5. The first kappa shape index (κ1) is 21.3. The van der Waals surface area contributed by atoms with E-state index < -0.39 is 31.0 Å². The van der Waals surface area contributed by atoms with Gasteiger partial charge in [0.25, 0.3) is 0 Å². The SMILES string of the molecule is CCCCC(CC)CC(=O)NC[C@H](O)[C@@H](O)[C@H](O)[C@H](O)CO. The first-order valence-electron chi connectivity index (χ1n) is 7.97. The molecule has 0 saturated carbocycles.